The lowest BCUT2D eigenvalue weighted by molar-refractivity contribution is 0.277. The van der Waals surface area contributed by atoms with E-state index in [0.717, 1.165) is 29.8 Å². The normalized spacial score (nSPS) is 18.2. The van der Waals surface area contributed by atoms with E-state index in [9.17, 15) is 4.79 Å². The van der Waals surface area contributed by atoms with Crippen LogP contribution in [0.15, 0.2) is 41.5 Å². The lowest BCUT2D eigenvalue weighted by Gasteiger charge is -2.09. The zero-order chi connectivity index (χ0) is 19.7. The van der Waals surface area contributed by atoms with Gasteiger partial charge >= 0.3 is 0 Å². The summed E-state index contributed by atoms with van der Waals surface area (Å²) in [5.41, 5.74) is 3.92. The number of pyridine rings is 1. The number of rotatable bonds is 7. The van der Waals surface area contributed by atoms with E-state index < -0.39 is 0 Å². The van der Waals surface area contributed by atoms with E-state index in [0.29, 0.717) is 36.3 Å². The summed E-state index contributed by atoms with van der Waals surface area (Å²) in [6.45, 7) is 2.60. The van der Waals surface area contributed by atoms with Gasteiger partial charge in [0.15, 0.2) is 0 Å². The Labute approximate surface area is 164 Å². The van der Waals surface area contributed by atoms with Crippen LogP contribution in [0.3, 0.4) is 0 Å². The molecule has 3 aromatic rings. The van der Waals surface area contributed by atoms with E-state index in [1.54, 1.807) is 17.8 Å². The zero-order valence-corrected chi connectivity index (χ0v) is 16.5. The largest absolute Gasteiger partial charge is 0.476 e. The molecule has 7 heteroatoms. The Bertz CT molecular complexity index is 1040. The Balaban J connectivity index is 1.38. The van der Waals surface area contributed by atoms with Crippen LogP contribution in [0, 0.1) is 12.8 Å². The summed E-state index contributed by atoms with van der Waals surface area (Å²) in [5, 5.41) is 8.42. The van der Waals surface area contributed by atoms with Crippen LogP contribution in [-0.4, -0.2) is 31.2 Å². The van der Waals surface area contributed by atoms with Gasteiger partial charge in [0.2, 0.25) is 5.88 Å². The first-order valence-electron chi connectivity index (χ1n) is 9.60. The molecule has 146 valence electrons. The van der Waals surface area contributed by atoms with Gasteiger partial charge in [0.1, 0.15) is 0 Å². The van der Waals surface area contributed by atoms with Gasteiger partial charge in [-0.05, 0) is 43.9 Å². The van der Waals surface area contributed by atoms with E-state index in [1.165, 1.54) is 4.68 Å². The van der Waals surface area contributed by atoms with E-state index in [1.807, 2.05) is 32.4 Å². The number of ether oxygens (including phenoxy) is 1. The Kier molecular flexibility index (Phi) is 4.98. The predicted molar refractivity (Wildman–Crippen MR) is 105 cm³/mol. The van der Waals surface area contributed by atoms with Gasteiger partial charge in [0.05, 0.1) is 12.8 Å². The second kappa shape index (κ2) is 7.58. The lowest BCUT2D eigenvalue weighted by atomic mass is 10.1. The summed E-state index contributed by atoms with van der Waals surface area (Å²) >= 11 is 0. The first-order valence-corrected chi connectivity index (χ1v) is 9.60. The first-order chi connectivity index (χ1) is 13.5. The van der Waals surface area contributed by atoms with Gasteiger partial charge < -0.3 is 4.74 Å². The average Bonchev–Trinajstić information content (AvgIpc) is 3.34. The molecule has 0 spiro atoms. The maximum absolute atomic E-state index is 12.4. The van der Waals surface area contributed by atoms with Crippen molar-refractivity contribution in [1.82, 2.24) is 24.5 Å². The number of aryl methyl sites for hydroxylation is 5. The van der Waals surface area contributed by atoms with Crippen molar-refractivity contribution in [2.45, 2.75) is 32.1 Å². The minimum atomic E-state index is -0.0792. The van der Waals surface area contributed by atoms with Crippen LogP contribution in [0.5, 0.6) is 5.88 Å². The Morgan fingerprint density at radius 2 is 2.11 bits per heavy atom. The monoisotopic (exact) mass is 379 g/mol. The molecule has 1 saturated carbocycles. The summed E-state index contributed by atoms with van der Waals surface area (Å²) in [6, 6.07) is 7.93. The van der Waals surface area contributed by atoms with Crippen LogP contribution < -0.4 is 10.3 Å². The fourth-order valence-corrected chi connectivity index (χ4v) is 3.53. The fourth-order valence-electron chi connectivity index (χ4n) is 3.53. The molecule has 1 aliphatic rings. The highest BCUT2D eigenvalue weighted by Gasteiger charge is 2.40. The number of aromatic nitrogens is 5. The Morgan fingerprint density at radius 3 is 2.86 bits per heavy atom. The van der Waals surface area contributed by atoms with Crippen LogP contribution in [0.1, 0.15) is 34.9 Å². The van der Waals surface area contributed by atoms with Crippen molar-refractivity contribution in [3.8, 4) is 5.88 Å². The van der Waals surface area contributed by atoms with Crippen molar-refractivity contribution >= 4 is 0 Å². The van der Waals surface area contributed by atoms with Crippen molar-refractivity contribution in [3.05, 3.63) is 69.5 Å². The minimum absolute atomic E-state index is 0.0792. The molecule has 0 N–H and O–H groups in total. The van der Waals surface area contributed by atoms with E-state index in [-0.39, 0.29) is 5.56 Å². The smallest absolute Gasteiger partial charge is 0.269 e. The molecule has 0 bridgehead atoms. The quantitative estimate of drug-likeness (QED) is 0.629. The van der Waals surface area contributed by atoms with Crippen molar-refractivity contribution in [3.63, 3.8) is 0 Å². The fraction of sp³-hybridized carbons (Fsp3) is 0.429. The van der Waals surface area contributed by atoms with E-state index in [2.05, 4.69) is 27.3 Å². The van der Waals surface area contributed by atoms with Gasteiger partial charge in [-0.15, -0.1) is 5.10 Å². The van der Waals surface area contributed by atoms with Gasteiger partial charge in [-0.25, -0.2) is 4.68 Å². The van der Waals surface area contributed by atoms with Gasteiger partial charge in [-0.2, -0.15) is 5.10 Å². The van der Waals surface area contributed by atoms with Crippen molar-refractivity contribution in [2.75, 3.05) is 6.61 Å². The van der Waals surface area contributed by atoms with Crippen LogP contribution in [0.4, 0.5) is 0 Å². The van der Waals surface area contributed by atoms with Gasteiger partial charge in [-0.3, -0.25) is 14.5 Å². The second-order valence-electron chi connectivity index (χ2n) is 7.58. The van der Waals surface area contributed by atoms with E-state index in [4.69, 9.17) is 4.74 Å². The maximum atomic E-state index is 12.4. The third-order valence-electron chi connectivity index (χ3n) is 5.21. The molecule has 0 aromatic carbocycles. The van der Waals surface area contributed by atoms with Crippen molar-refractivity contribution < 1.29 is 4.74 Å². The van der Waals surface area contributed by atoms with Crippen LogP contribution in [0.25, 0.3) is 0 Å². The number of nitrogens with zero attached hydrogens (tertiary/aromatic N) is 5. The zero-order valence-electron chi connectivity index (χ0n) is 16.5. The maximum Gasteiger partial charge on any atom is 0.269 e. The molecule has 0 aliphatic heterocycles. The lowest BCUT2D eigenvalue weighted by Crippen LogP contribution is -2.24. The van der Waals surface area contributed by atoms with Crippen molar-refractivity contribution in [1.29, 1.82) is 0 Å². The molecule has 0 unspecified atom stereocenters. The van der Waals surface area contributed by atoms with E-state index >= 15 is 0 Å². The molecule has 7 nitrogen and oxygen atoms in total. The molecular weight excluding hydrogens is 354 g/mol. The molecule has 3 heterocycles. The molecule has 4 rings (SSSR count). The summed E-state index contributed by atoms with van der Waals surface area (Å²) < 4.78 is 9.06. The van der Waals surface area contributed by atoms with Gasteiger partial charge in [-0.1, -0.05) is 6.07 Å². The molecular formula is C21H25N5O2. The summed E-state index contributed by atoms with van der Waals surface area (Å²) in [6.07, 6.45) is 6.27. The minimum Gasteiger partial charge on any atom is -0.476 e. The molecule has 2 atom stereocenters. The second-order valence-corrected chi connectivity index (χ2v) is 7.58. The highest BCUT2D eigenvalue weighted by Crippen LogP contribution is 2.46. The predicted octanol–water partition coefficient (Wildman–Crippen LogP) is 2.18. The molecule has 3 aromatic heterocycles. The van der Waals surface area contributed by atoms with Crippen LogP contribution in [0.2, 0.25) is 0 Å². The summed E-state index contributed by atoms with van der Waals surface area (Å²) in [4.78, 5) is 17.0. The molecule has 0 amide bonds. The topological polar surface area (TPSA) is 74.8 Å². The first kappa shape index (κ1) is 18.4. The third-order valence-corrected chi connectivity index (χ3v) is 5.21. The van der Waals surface area contributed by atoms with Crippen molar-refractivity contribution in [2.24, 2.45) is 20.0 Å². The molecule has 0 saturated heterocycles. The molecule has 1 aliphatic carbocycles. The molecule has 0 radical (unpaired) electrons. The Hall–Kier alpha value is -2.96. The number of hydrogen-bond donors (Lipinski definition) is 0. The SMILES string of the molecule is Cc1cccc([C@H]2C[C@@H]2COc2cc(CCc3cnn(C)c3)c(=O)n(C)n2)n1. The molecule has 1 fully saturated rings. The summed E-state index contributed by atoms with van der Waals surface area (Å²) in [5.74, 6) is 1.41. The van der Waals surface area contributed by atoms with Crippen LogP contribution >= 0.6 is 0 Å². The highest BCUT2D eigenvalue weighted by molar-refractivity contribution is 5.22. The highest BCUT2D eigenvalue weighted by atomic mass is 16.5. The van der Waals surface area contributed by atoms with Crippen LogP contribution in [-0.2, 0) is 26.9 Å². The number of hydrogen-bond acceptors (Lipinski definition) is 5. The third kappa shape index (κ3) is 4.13. The average molecular weight is 379 g/mol. The standard InChI is InChI=1S/C21H25N5O2/c1-14-5-4-6-19(23-14)18-9-17(18)13-28-20-10-16(21(27)26(3)24-20)8-7-15-11-22-25(2)12-15/h4-6,10-12,17-18H,7-9,13H2,1-3H3/t17-,18+/m1/s1. The van der Waals surface area contributed by atoms with Gasteiger partial charge in [0.25, 0.3) is 5.56 Å². The van der Waals surface area contributed by atoms with Gasteiger partial charge in [0, 0.05) is 55.1 Å². The Morgan fingerprint density at radius 1 is 1.25 bits per heavy atom. The summed E-state index contributed by atoms with van der Waals surface area (Å²) in [7, 11) is 3.55. The molecule has 28 heavy (non-hydrogen) atoms.